The highest BCUT2D eigenvalue weighted by Crippen LogP contribution is 2.34. The zero-order chi connectivity index (χ0) is 15.6. The summed E-state index contributed by atoms with van der Waals surface area (Å²) in [4.78, 5) is 4.22. The Labute approximate surface area is 138 Å². The molecular weight excluding hydrogens is 354 g/mol. The molecule has 0 aliphatic carbocycles. The van der Waals surface area contributed by atoms with Gasteiger partial charge in [0.1, 0.15) is 5.75 Å². The molecular formula is C16H17BrClNO2. The van der Waals surface area contributed by atoms with Gasteiger partial charge in [-0.05, 0) is 58.1 Å². The molecule has 3 nitrogen and oxygen atoms in total. The molecule has 5 heteroatoms. The van der Waals surface area contributed by atoms with Gasteiger partial charge in [0.15, 0.2) is 0 Å². The maximum Gasteiger partial charge on any atom is 0.224 e. The molecule has 1 heterocycles. The lowest BCUT2D eigenvalue weighted by atomic mass is 10.0. The van der Waals surface area contributed by atoms with Crippen LogP contribution >= 0.6 is 27.5 Å². The number of benzene rings is 1. The van der Waals surface area contributed by atoms with Gasteiger partial charge in [0.05, 0.1) is 6.61 Å². The van der Waals surface area contributed by atoms with Gasteiger partial charge in [-0.2, -0.15) is 0 Å². The van der Waals surface area contributed by atoms with Crippen LogP contribution < -0.4 is 4.74 Å². The van der Waals surface area contributed by atoms with Crippen molar-refractivity contribution in [2.24, 2.45) is 0 Å². The van der Waals surface area contributed by atoms with E-state index >= 15 is 0 Å². The summed E-state index contributed by atoms with van der Waals surface area (Å²) in [6.45, 7) is 5.96. The number of hydrogen-bond acceptors (Lipinski definition) is 3. The number of aliphatic hydroxyl groups is 1. The van der Waals surface area contributed by atoms with Crippen LogP contribution in [0.2, 0.25) is 5.02 Å². The predicted molar refractivity (Wildman–Crippen MR) is 88.2 cm³/mol. The minimum absolute atomic E-state index is 0.133. The van der Waals surface area contributed by atoms with Crippen molar-refractivity contribution in [1.82, 2.24) is 4.98 Å². The van der Waals surface area contributed by atoms with Crippen LogP contribution in [0.5, 0.6) is 11.6 Å². The van der Waals surface area contributed by atoms with Gasteiger partial charge in [-0.15, -0.1) is 0 Å². The third kappa shape index (κ3) is 3.76. The topological polar surface area (TPSA) is 42.4 Å². The molecule has 0 aliphatic rings. The summed E-state index contributed by atoms with van der Waals surface area (Å²) in [5, 5.41) is 10.2. The zero-order valence-corrected chi connectivity index (χ0v) is 14.5. The van der Waals surface area contributed by atoms with Crippen molar-refractivity contribution < 1.29 is 9.84 Å². The Kier molecular flexibility index (Phi) is 5.25. The lowest BCUT2D eigenvalue weighted by Crippen LogP contribution is -1.98. The SMILES string of the molecule is Cc1cc(Cl)c(C(C)C)cc1Oc1ncc(Br)cc1CO. The van der Waals surface area contributed by atoms with Gasteiger partial charge in [-0.1, -0.05) is 25.4 Å². The van der Waals surface area contributed by atoms with Crippen molar-refractivity contribution in [2.75, 3.05) is 0 Å². The number of aryl methyl sites for hydroxylation is 1. The quantitative estimate of drug-likeness (QED) is 0.803. The van der Waals surface area contributed by atoms with Crippen molar-refractivity contribution >= 4 is 27.5 Å². The van der Waals surface area contributed by atoms with Crippen LogP contribution in [0.25, 0.3) is 0 Å². The fourth-order valence-electron chi connectivity index (χ4n) is 2.00. The van der Waals surface area contributed by atoms with Gasteiger partial charge in [-0.3, -0.25) is 0 Å². The average molecular weight is 371 g/mol. The summed E-state index contributed by atoms with van der Waals surface area (Å²) in [5.41, 5.74) is 2.59. The molecule has 0 bridgehead atoms. The maximum atomic E-state index is 9.42. The number of nitrogens with zero attached hydrogens (tertiary/aromatic N) is 1. The first-order valence-electron chi connectivity index (χ1n) is 6.65. The normalized spacial score (nSPS) is 11.0. The molecule has 21 heavy (non-hydrogen) atoms. The van der Waals surface area contributed by atoms with Gasteiger partial charge in [-0.25, -0.2) is 4.98 Å². The highest BCUT2D eigenvalue weighted by molar-refractivity contribution is 9.10. The lowest BCUT2D eigenvalue weighted by Gasteiger charge is -2.15. The number of aromatic nitrogens is 1. The molecule has 0 amide bonds. The first-order valence-corrected chi connectivity index (χ1v) is 7.82. The van der Waals surface area contributed by atoms with Crippen LogP contribution in [0.15, 0.2) is 28.9 Å². The summed E-state index contributed by atoms with van der Waals surface area (Å²) in [6, 6.07) is 5.62. The standard InChI is InChI=1S/C16H17BrClNO2/c1-9(2)13-6-15(10(3)4-14(13)18)21-16-11(8-20)5-12(17)7-19-16/h4-7,9,20H,8H2,1-3H3. The van der Waals surface area contributed by atoms with Gasteiger partial charge in [0.2, 0.25) is 5.88 Å². The number of rotatable bonds is 4. The first kappa shape index (κ1) is 16.3. The molecule has 0 aliphatic heterocycles. The van der Waals surface area contributed by atoms with Crippen molar-refractivity contribution in [3.05, 3.63) is 50.6 Å². The molecule has 112 valence electrons. The Hall–Kier alpha value is -1.10. The summed E-state index contributed by atoms with van der Waals surface area (Å²) in [5.74, 6) is 1.41. The molecule has 2 rings (SSSR count). The summed E-state index contributed by atoms with van der Waals surface area (Å²) >= 11 is 9.59. The Morgan fingerprint density at radius 3 is 2.67 bits per heavy atom. The van der Waals surface area contributed by atoms with E-state index in [4.69, 9.17) is 16.3 Å². The minimum atomic E-state index is -0.133. The van der Waals surface area contributed by atoms with Crippen molar-refractivity contribution in [3.63, 3.8) is 0 Å². The molecule has 0 radical (unpaired) electrons. The van der Waals surface area contributed by atoms with Crippen LogP contribution in [0.1, 0.15) is 36.5 Å². The van der Waals surface area contributed by atoms with E-state index in [1.807, 2.05) is 19.1 Å². The number of hydrogen-bond donors (Lipinski definition) is 1. The second kappa shape index (κ2) is 6.77. The highest BCUT2D eigenvalue weighted by Gasteiger charge is 2.13. The largest absolute Gasteiger partial charge is 0.438 e. The van der Waals surface area contributed by atoms with Crippen LogP contribution in [0, 0.1) is 6.92 Å². The van der Waals surface area contributed by atoms with Gasteiger partial charge in [0.25, 0.3) is 0 Å². The van der Waals surface area contributed by atoms with E-state index in [0.717, 1.165) is 20.6 Å². The average Bonchev–Trinajstić information content (AvgIpc) is 2.42. The molecule has 1 N–H and O–H groups in total. The van der Waals surface area contributed by atoms with Crippen molar-refractivity contribution in [1.29, 1.82) is 0 Å². The van der Waals surface area contributed by atoms with Gasteiger partial charge >= 0.3 is 0 Å². The zero-order valence-electron chi connectivity index (χ0n) is 12.2. The fourth-order valence-corrected chi connectivity index (χ4v) is 2.81. The molecule has 0 spiro atoms. The summed E-state index contributed by atoms with van der Waals surface area (Å²) < 4.78 is 6.68. The van der Waals surface area contributed by atoms with E-state index in [2.05, 4.69) is 34.8 Å². The van der Waals surface area contributed by atoms with E-state index in [0.29, 0.717) is 23.1 Å². The summed E-state index contributed by atoms with van der Waals surface area (Å²) in [6.07, 6.45) is 1.64. The van der Waals surface area contributed by atoms with E-state index in [1.165, 1.54) is 0 Å². The highest BCUT2D eigenvalue weighted by atomic mass is 79.9. The fraction of sp³-hybridized carbons (Fsp3) is 0.312. The third-order valence-electron chi connectivity index (χ3n) is 3.19. The lowest BCUT2D eigenvalue weighted by molar-refractivity contribution is 0.275. The molecule has 1 aromatic carbocycles. The molecule has 0 unspecified atom stereocenters. The van der Waals surface area contributed by atoms with E-state index in [1.54, 1.807) is 12.3 Å². The van der Waals surface area contributed by atoms with Crippen LogP contribution in [-0.4, -0.2) is 10.1 Å². The third-order valence-corrected chi connectivity index (χ3v) is 3.95. The number of halogens is 2. The molecule has 1 aromatic heterocycles. The molecule has 2 aromatic rings. The van der Waals surface area contributed by atoms with Crippen molar-refractivity contribution in [2.45, 2.75) is 33.3 Å². The first-order chi connectivity index (χ1) is 9.92. The second-order valence-electron chi connectivity index (χ2n) is 5.17. The Bertz CT molecular complexity index is 659. The van der Waals surface area contributed by atoms with E-state index < -0.39 is 0 Å². The number of aliphatic hydroxyl groups excluding tert-OH is 1. The molecule has 0 fully saturated rings. The number of pyridine rings is 1. The summed E-state index contributed by atoms with van der Waals surface area (Å²) in [7, 11) is 0. The van der Waals surface area contributed by atoms with Gasteiger partial charge in [0, 0.05) is 21.3 Å². The van der Waals surface area contributed by atoms with Crippen molar-refractivity contribution in [3.8, 4) is 11.6 Å². The van der Waals surface area contributed by atoms with E-state index in [-0.39, 0.29) is 6.61 Å². The maximum absolute atomic E-state index is 9.42. The smallest absolute Gasteiger partial charge is 0.224 e. The van der Waals surface area contributed by atoms with Crippen LogP contribution in [0.3, 0.4) is 0 Å². The molecule has 0 saturated carbocycles. The monoisotopic (exact) mass is 369 g/mol. The van der Waals surface area contributed by atoms with Gasteiger partial charge < -0.3 is 9.84 Å². The molecule has 0 atom stereocenters. The van der Waals surface area contributed by atoms with E-state index in [9.17, 15) is 5.11 Å². The molecule has 0 saturated heterocycles. The van der Waals surface area contributed by atoms with Crippen LogP contribution in [0.4, 0.5) is 0 Å². The number of ether oxygens (including phenoxy) is 1. The Balaban J connectivity index is 2.42. The Morgan fingerprint density at radius 1 is 1.33 bits per heavy atom. The second-order valence-corrected chi connectivity index (χ2v) is 6.49. The predicted octanol–water partition coefficient (Wildman–Crippen LogP) is 5.21. The van der Waals surface area contributed by atoms with Crippen LogP contribution in [-0.2, 0) is 6.61 Å². The Morgan fingerprint density at radius 2 is 2.05 bits per heavy atom. The minimum Gasteiger partial charge on any atom is -0.438 e.